The summed E-state index contributed by atoms with van der Waals surface area (Å²) >= 11 is 3.61. The number of rotatable bonds is 33. The van der Waals surface area contributed by atoms with Crippen molar-refractivity contribution in [2.24, 2.45) is 0 Å². The predicted molar refractivity (Wildman–Crippen MR) is 299 cm³/mol. The van der Waals surface area contributed by atoms with Gasteiger partial charge in [0.25, 0.3) is 0 Å². The molecule has 0 bridgehead atoms. The molecule has 3 aromatic heterocycles. The third-order valence-electron chi connectivity index (χ3n) is 14.1. The number of unbranched alkanes of at least 4 members (excludes halogenated alkanes) is 1. The molecule has 22 nitrogen and oxygen atoms in total. The number of hydrogen-bond acceptors (Lipinski definition) is 17. The lowest BCUT2D eigenvalue weighted by Gasteiger charge is -2.34. The van der Waals surface area contributed by atoms with Crippen molar-refractivity contribution < 1.29 is 47.7 Å². The van der Waals surface area contributed by atoms with Crippen LogP contribution in [0.15, 0.2) is 42.6 Å². The molecule has 0 saturated carbocycles. The molecule has 4 saturated heterocycles. The van der Waals surface area contributed by atoms with Gasteiger partial charge in [-0.3, -0.25) is 34.0 Å². The lowest BCUT2D eigenvalue weighted by Crippen LogP contribution is -2.48. The second-order valence-electron chi connectivity index (χ2n) is 19.8. The highest BCUT2D eigenvalue weighted by Gasteiger charge is 2.42. The van der Waals surface area contributed by atoms with Crippen molar-refractivity contribution in [2.45, 2.75) is 94.5 Å². The van der Waals surface area contributed by atoms with Gasteiger partial charge >= 0.3 is 6.03 Å². The van der Waals surface area contributed by atoms with E-state index in [0.717, 1.165) is 96.7 Å². The molecule has 7 heterocycles. The molecule has 424 valence electrons. The quantitative estimate of drug-likeness (QED) is 0.0226. The molecule has 0 radical (unpaired) electrons. The van der Waals surface area contributed by atoms with E-state index >= 15 is 0 Å². The number of nitrogens with zero attached hydrogens (tertiary/aromatic N) is 6. The van der Waals surface area contributed by atoms with Gasteiger partial charge in [0.05, 0.1) is 73.7 Å². The number of piperazine rings is 1. The van der Waals surface area contributed by atoms with Crippen molar-refractivity contribution in [3.8, 4) is 11.4 Å². The topological polar surface area (TPSA) is 264 Å². The number of nitrogens with one attached hydrogen (secondary N) is 6. The monoisotopic (exact) mass is 1120 g/mol. The maximum absolute atomic E-state index is 13.1. The Morgan fingerprint density at radius 1 is 0.769 bits per heavy atom. The van der Waals surface area contributed by atoms with E-state index in [1.807, 2.05) is 41.1 Å². The fourth-order valence-electron chi connectivity index (χ4n) is 9.82. The van der Waals surface area contributed by atoms with E-state index in [0.29, 0.717) is 109 Å². The van der Waals surface area contributed by atoms with E-state index < -0.39 is 0 Å². The fourth-order valence-corrected chi connectivity index (χ4v) is 12.5. The molecule has 6 amide bonds. The standard InChI is InChI=1S/C54H76N12O10S2/c67-38(15-16-49(71)65-22-20-64(21-23-65)36-39-34-43-51(78-39)53(66-24-28-75-29-25-66)62-52(59-43)40-9-3-10-42-41(40)35-58-63-42)8-5-17-55-47(69)13-4-14-48(70)57-19-7-27-74-31-33-76-32-30-73-26-6-18-56-46(68)12-2-1-11-45-50-44(37-77-45)60-54(72)61-50/h3,5,8-10,34-35,44-45,50H,1-2,4,6-7,11-33,36-37H2,(H,55,69)(H,56,68)(H,57,70)(H,58,63)(H2,60,61,72). The zero-order valence-electron chi connectivity index (χ0n) is 44.6. The van der Waals surface area contributed by atoms with Crippen LogP contribution in [0.1, 0.15) is 75.5 Å². The van der Waals surface area contributed by atoms with Crippen LogP contribution in [0, 0.1) is 0 Å². The number of thiophene rings is 1. The Kier molecular flexibility index (Phi) is 23.3. The molecule has 4 aliphatic heterocycles. The number of H-pyrrole nitrogens is 1. The van der Waals surface area contributed by atoms with Crippen LogP contribution in [0.25, 0.3) is 32.5 Å². The average Bonchev–Trinajstić information content (AvgIpc) is 4.39. The SMILES string of the molecule is O=C(C=CCNC(=O)CCCC(=O)NCCCOCCOCCOCCCNC(=O)CCCCC1SCC2NC(=O)NC21)CCC(=O)N1CCN(Cc2cc3nc(-c4cccc5[nH]ncc45)nc(N4CCOCC4)c3s2)CC1. The minimum atomic E-state index is -0.208. The number of aromatic amines is 1. The first-order chi connectivity index (χ1) is 38.2. The molecule has 3 atom stereocenters. The van der Waals surface area contributed by atoms with Crippen molar-refractivity contribution in [2.75, 3.05) is 122 Å². The number of urea groups is 1. The molecule has 8 rings (SSSR count). The Morgan fingerprint density at radius 3 is 2.22 bits per heavy atom. The van der Waals surface area contributed by atoms with E-state index in [9.17, 15) is 28.8 Å². The van der Waals surface area contributed by atoms with Gasteiger partial charge in [-0.2, -0.15) is 16.9 Å². The number of ether oxygens (including phenoxy) is 4. The lowest BCUT2D eigenvalue weighted by molar-refractivity contribution is -0.134. The maximum Gasteiger partial charge on any atom is 0.315 e. The van der Waals surface area contributed by atoms with E-state index in [2.05, 4.69) is 52.6 Å². The summed E-state index contributed by atoms with van der Waals surface area (Å²) in [6.45, 7) is 10.2. The van der Waals surface area contributed by atoms with Crippen molar-refractivity contribution >= 4 is 85.5 Å². The summed E-state index contributed by atoms with van der Waals surface area (Å²) in [4.78, 5) is 91.7. The molecule has 6 N–H and O–H groups in total. The predicted octanol–water partition coefficient (Wildman–Crippen LogP) is 3.70. The van der Waals surface area contributed by atoms with Gasteiger partial charge in [-0.15, -0.1) is 11.3 Å². The summed E-state index contributed by atoms with van der Waals surface area (Å²) in [5, 5.41) is 23.2. The first-order valence-electron chi connectivity index (χ1n) is 27.6. The molecule has 1 aromatic carbocycles. The van der Waals surface area contributed by atoms with Gasteiger partial charge in [-0.05, 0) is 50.3 Å². The number of thioether (sulfide) groups is 1. The van der Waals surface area contributed by atoms with Crippen LogP contribution in [-0.4, -0.2) is 200 Å². The molecule has 0 aliphatic carbocycles. The maximum atomic E-state index is 13.1. The molecule has 4 aliphatic rings. The van der Waals surface area contributed by atoms with E-state index in [4.69, 9.17) is 28.9 Å². The molecule has 24 heteroatoms. The molecule has 4 aromatic rings. The molecular weight excluding hydrogens is 1040 g/mol. The number of carbonyl (C=O) groups is 6. The number of hydrogen-bond donors (Lipinski definition) is 6. The van der Waals surface area contributed by atoms with Crippen LogP contribution in [0.4, 0.5) is 10.6 Å². The summed E-state index contributed by atoms with van der Waals surface area (Å²) in [6, 6.07) is 8.54. The number of aromatic nitrogens is 4. The van der Waals surface area contributed by atoms with Gasteiger partial charge in [-0.1, -0.05) is 24.6 Å². The Bertz CT molecular complexity index is 2640. The Labute approximate surface area is 463 Å². The molecule has 0 spiro atoms. The van der Waals surface area contributed by atoms with Crippen molar-refractivity contribution in [1.82, 2.24) is 56.5 Å². The van der Waals surface area contributed by atoms with Crippen molar-refractivity contribution in [1.29, 1.82) is 0 Å². The zero-order chi connectivity index (χ0) is 54.3. The third-order valence-corrected chi connectivity index (χ3v) is 16.7. The Hall–Kier alpha value is -5.76. The van der Waals surface area contributed by atoms with Crippen molar-refractivity contribution in [3.05, 3.63) is 47.5 Å². The highest BCUT2D eigenvalue weighted by molar-refractivity contribution is 8.00. The van der Waals surface area contributed by atoms with Crippen LogP contribution < -0.4 is 31.5 Å². The summed E-state index contributed by atoms with van der Waals surface area (Å²) in [6.07, 6.45) is 10.5. The van der Waals surface area contributed by atoms with Crippen LogP contribution >= 0.6 is 23.1 Å². The first kappa shape index (κ1) is 58.4. The van der Waals surface area contributed by atoms with E-state index in [1.165, 1.54) is 11.0 Å². The largest absolute Gasteiger partial charge is 0.379 e. The average molecular weight is 1120 g/mol. The number of benzene rings is 1. The molecule has 3 unspecified atom stereocenters. The minimum Gasteiger partial charge on any atom is -0.379 e. The van der Waals surface area contributed by atoms with E-state index in [-0.39, 0.29) is 79.8 Å². The number of anilines is 1. The zero-order valence-corrected chi connectivity index (χ0v) is 46.2. The van der Waals surface area contributed by atoms with Gasteiger partial charge in [0, 0.05) is 138 Å². The van der Waals surface area contributed by atoms with Gasteiger partial charge < -0.3 is 55.3 Å². The van der Waals surface area contributed by atoms with Crippen molar-refractivity contribution in [3.63, 3.8) is 0 Å². The first-order valence-corrected chi connectivity index (χ1v) is 29.5. The summed E-state index contributed by atoms with van der Waals surface area (Å²) in [7, 11) is 0. The molecule has 4 fully saturated rings. The second-order valence-corrected chi connectivity index (χ2v) is 22.2. The smallest absolute Gasteiger partial charge is 0.315 e. The number of ketones is 1. The summed E-state index contributed by atoms with van der Waals surface area (Å²) < 4.78 is 23.4. The highest BCUT2D eigenvalue weighted by atomic mass is 32.2. The van der Waals surface area contributed by atoms with E-state index in [1.54, 1.807) is 17.4 Å². The Morgan fingerprint density at radius 2 is 1.47 bits per heavy atom. The lowest BCUT2D eigenvalue weighted by atomic mass is 10.0. The van der Waals surface area contributed by atoms with Gasteiger partial charge in [0.2, 0.25) is 23.6 Å². The third kappa shape index (κ3) is 18.1. The Balaban J connectivity index is 0.582. The second kappa shape index (κ2) is 31.1. The number of allylic oxidation sites excluding steroid dienone is 1. The number of morpholine rings is 1. The molecule has 78 heavy (non-hydrogen) atoms. The van der Waals surface area contributed by atoms with Crippen LogP contribution in [0.2, 0.25) is 0 Å². The number of carbonyl (C=O) groups excluding carboxylic acids is 6. The van der Waals surface area contributed by atoms with Crippen LogP contribution in [0.3, 0.4) is 0 Å². The summed E-state index contributed by atoms with van der Waals surface area (Å²) in [5.74, 6) is 2.04. The van der Waals surface area contributed by atoms with Gasteiger partial charge in [0.15, 0.2) is 17.4 Å². The highest BCUT2D eigenvalue weighted by Crippen LogP contribution is 2.37. The molecular formula is C54H76N12O10S2. The van der Waals surface area contributed by atoms with Gasteiger partial charge in [-0.25, -0.2) is 14.8 Å². The van der Waals surface area contributed by atoms with Crippen LogP contribution in [-0.2, 0) is 49.5 Å². The minimum absolute atomic E-state index is 0.0425. The number of fused-ring (bicyclic) bond motifs is 3. The number of amides is 6. The van der Waals surface area contributed by atoms with Gasteiger partial charge in [0.1, 0.15) is 0 Å². The summed E-state index contributed by atoms with van der Waals surface area (Å²) in [5.41, 5.74) is 2.77. The van der Waals surface area contributed by atoms with Crippen LogP contribution in [0.5, 0.6) is 0 Å². The fraction of sp³-hybridized carbons (Fsp3) is 0.611. The normalized spacial score (nSPS) is 18.6.